The van der Waals surface area contributed by atoms with Crippen LogP contribution in [0.4, 0.5) is 11.4 Å². The SMILES string of the molecule is CCC(=O)Nc1ccc(N2CCN(C(=O)c3ccco3)CC2)cc1. The van der Waals surface area contributed by atoms with Crippen LogP contribution in [0.2, 0.25) is 0 Å². The maximum absolute atomic E-state index is 12.3. The fourth-order valence-electron chi connectivity index (χ4n) is 2.73. The molecule has 1 aliphatic heterocycles. The molecule has 126 valence electrons. The second-order valence-electron chi connectivity index (χ2n) is 5.71. The first-order valence-electron chi connectivity index (χ1n) is 8.15. The smallest absolute Gasteiger partial charge is 0.289 e. The van der Waals surface area contributed by atoms with Crippen LogP contribution in [0.5, 0.6) is 0 Å². The Bertz CT molecular complexity index is 687. The van der Waals surface area contributed by atoms with Crippen molar-refractivity contribution in [3.05, 3.63) is 48.4 Å². The van der Waals surface area contributed by atoms with Crippen molar-refractivity contribution in [2.45, 2.75) is 13.3 Å². The van der Waals surface area contributed by atoms with Gasteiger partial charge in [-0.05, 0) is 36.4 Å². The average Bonchev–Trinajstić information content (AvgIpc) is 3.16. The summed E-state index contributed by atoms with van der Waals surface area (Å²) in [5.74, 6) is 0.338. The molecule has 3 rings (SSSR count). The Morgan fingerprint density at radius 3 is 2.38 bits per heavy atom. The van der Waals surface area contributed by atoms with Gasteiger partial charge in [-0.2, -0.15) is 0 Å². The van der Waals surface area contributed by atoms with E-state index in [9.17, 15) is 9.59 Å². The Morgan fingerprint density at radius 2 is 1.79 bits per heavy atom. The first kappa shape index (κ1) is 16.1. The van der Waals surface area contributed by atoms with Gasteiger partial charge < -0.3 is 19.5 Å². The number of carbonyl (C=O) groups excluding carboxylic acids is 2. The van der Waals surface area contributed by atoms with Gasteiger partial charge in [-0.15, -0.1) is 0 Å². The maximum atomic E-state index is 12.3. The lowest BCUT2D eigenvalue weighted by Crippen LogP contribution is -2.48. The summed E-state index contributed by atoms with van der Waals surface area (Å²) in [5, 5.41) is 2.84. The summed E-state index contributed by atoms with van der Waals surface area (Å²) in [4.78, 5) is 27.7. The van der Waals surface area contributed by atoms with Gasteiger partial charge in [0.2, 0.25) is 5.91 Å². The minimum Gasteiger partial charge on any atom is -0.459 e. The summed E-state index contributed by atoms with van der Waals surface area (Å²) in [6.45, 7) is 4.69. The van der Waals surface area contributed by atoms with Gasteiger partial charge in [0.25, 0.3) is 5.91 Å². The van der Waals surface area contributed by atoms with E-state index in [2.05, 4.69) is 10.2 Å². The standard InChI is InChI=1S/C18H21N3O3/c1-2-17(22)19-14-5-7-15(8-6-14)20-9-11-21(12-10-20)18(23)16-4-3-13-24-16/h3-8,13H,2,9-12H2,1H3,(H,19,22). The quantitative estimate of drug-likeness (QED) is 0.937. The van der Waals surface area contributed by atoms with Crippen molar-refractivity contribution < 1.29 is 14.0 Å². The van der Waals surface area contributed by atoms with Crippen molar-refractivity contribution in [1.29, 1.82) is 0 Å². The number of hydrogen-bond donors (Lipinski definition) is 1. The van der Waals surface area contributed by atoms with E-state index in [1.54, 1.807) is 12.1 Å². The predicted octanol–water partition coefficient (Wildman–Crippen LogP) is 2.59. The number of hydrogen-bond acceptors (Lipinski definition) is 4. The molecule has 1 N–H and O–H groups in total. The largest absolute Gasteiger partial charge is 0.459 e. The molecular formula is C18H21N3O3. The summed E-state index contributed by atoms with van der Waals surface area (Å²) < 4.78 is 5.17. The molecule has 0 unspecified atom stereocenters. The van der Waals surface area contributed by atoms with E-state index in [1.165, 1.54) is 6.26 Å². The highest BCUT2D eigenvalue weighted by molar-refractivity contribution is 5.92. The Kier molecular flexibility index (Phi) is 4.84. The highest BCUT2D eigenvalue weighted by atomic mass is 16.3. The van der Waals surface area contributed by atoms with Crippen LogP contribution in [0.3, 0.4) is 0 Å². The van der Waals surface area contributed by atoms with Crippen LogP contribution in [0.25, 0.3) is 0 Å². The average molecular weight is 327 g/mol. The van der Waals surface area contributed by atoms with E-state index < -0.39 is 0 Å². The van der Waals surface area contributed by atoms with Gasteiger partial charge in [0.1, 0.15) is 0 Å². The Balaban J connectivity index is 1.56. The fraction of sp³-hybridized carbons (Fsp3) is 0.333. The Hall–Kier alpha value is -2.76. The summed E-state index contributed by atoms with van der Waals surface area (Å²) in [6.07, 6.45) is 1.98. The van der Waals surface area contributed by atoms with Gasteiger partial charge in [0.05, 0.1) is 6.26 Å². The second-order valence-corrected chi connectivity index (χ2v) is 5.71. The van der Waals surface area contributed by atoms with Gasteiger partial charge in [-0.25, -0.2) is 0 Å². The number of furan rings is 1. The molecular weight excluding hydrogens is 306 g/mol. The van der Waals surface area contributed by atoms with Crippen LogP contribution in [-0.2, 0) is 4.79 Å². The number of rotatable bonds is 4. The van der Waals surface area contributed by atoms with Gasteiger partial charge in [-0.3, -0.25) is 9.59 Å². The summed E-state index contributed by atoms with van der Waals surface area (Å²) >= 11 is 0. The zero-order valence-electron chi connectivity index (χ0n) is 13.7. The van der Waals surface area contributed by atoms with Gasteiger partial charge in [0, 0.05) is 44.0 Å². The topological polar surface area (TPSA) is 65.8 Å². The predicted molar refractivity (Wildman–Crippen MR) is 92.2 cm³/mol. The number of amides is 2. The van der Waals surface area contributed by atoms with E-state index >= 15 is 0 Å². The molecule has 1 fully saturated rings. The van der Waals surface area contributed by atoms with E-state index in [0.717, 1.165) is 24.5 Å². The van der Waals surface area contributed by atoms with Crippen LogP contribution in [0.1, 0.15) is 23.9 Å². The monoisotopic (exact) mass is 327 g/mol. The number of anilines is 2. The van der Waals surface area contributed by atoms with Crippen LogP contribution in [-0.4, -0.2) is 42.9 Å². The summed E-state index contributed by atoms with van der Waals surface area (Å²) in [6, 6.07) is 11.2. The van der Waals surface area contributed by atoms with Crippen LogP contribution < -0.4 is 10.2 Å². The van der Waals surface area contributed by atoms with Gasteiger partial charge >= 0.3 is 0 Å². The first-order chi connectivity index (χ1) is 11.7. The van der Waals surface area contributed by atoms with Crippen LogP contribution in [0, 0.1) is 0 Å². The molecule has 1 saturated heterocycles. The van der Waals surface area contributed by atoms with Crippen molar-refractivity contribution >= 4 is 23.2 Å². The second kappa shape index (κ2) is 7.21. The molecule has 0 spiro atoms. The number of benzene rings is 1. The van der Waals surface area contributed by atoms with Crippen LogP contribution >= 0.6 is 0 Å². The molecule has 0 atom stereocenters. The molecule has 0 saturated carbocycles. The third-order valence-electron chi connectivity index (χ3n) is 4.14. The van der Waals surface area contributed by atoms with Gasteiger partial charge in [0.15, 0.2) is 5.76 Å². The van der Waals surface area contributed by atoms with E-state index in [0.29, 0.717) is 25.3 Å². The zero-order chi connectivity index (χ0) is 16.9. The number of nitrogens with one attached hydrogen (secondary N) is 1. The highest BCUT2D eigenvalue weighted by Crippen LogP contribution is 2.20. The maximum Gasteiger partial charge on any atom is 0.289 e. The van der Waals surface area contributed by atoms with Crippen LogP contribution in [0.15, 0.2) is 47.1 Å². The minimum atomic E-state index is -0.0581. The van der Waals surface area contributed by atoms with Gasteiger partial charge in [-0.1, -0.05) is 6.92 Å². The molecule has 1 aromatic carbocycles. The van der Waals surface area contributed by atoms with E-state index in [1.807, 2.05) is 36.1 Å². The molecule has 6 heteroatoms. The van der Waals surface area contributed by atoms with Crippen molar-refractivity contribution in [3.63, 3.8) is 0 Å². The lowest BCUT2D eigenvalue weighted by molar-refractivity contribution is -0.115. The number of carbonyl (C=O) groups is 2. The summed E-state index contributed by atoms with van der Waals surface area (Å²) in [5.41, 5.74) is 1.90. The van der Waals surface area contributed by atoms with E-state index in [4.69, 9.17) is 4.42 Å². The highest BCUT2D eigenvalue weighted by Gasteiger charge is 2.23. The third kappa shape index (κ3) is 3.59. The molecule has 2 amide bonds. The fourth-order valence-corrected chi connectivity index (χ4v) is 2.73. The molecule has 0 radical (unpaired) electrons. The lowest BCUT2D eigenvalue weighted by Gasteiger charge is -2.35. The molecule has 2 aromatic rings. The van der Waals surface area contributed by atoms with Crippen molar-refractivity contribution in [1.82, 2.24) is 4.90 Å². The van der Waals surface area contributed by atoms with E-state index in [-0.39, 0.29) is 11.8 Å². The molecule has 1 aromatic heterocycles. The van der Waals surface area contributed by atoms with Crippen molar-refractivity contribution in [2.75, 3.05) is 36.4 Å². The third-order valence-corrected chi connectivity index (χ3v) is 4.14. The first-order valence-corrected chi connectivity index (χ1v) is 8.15. The normalized spacial score (nSPS) is 14.5. The lowest BCUT2D eigenvalue weighted by atomic mass is 10.2. The Labute approximate surface area is 141 Å². The molecule has 0 aliphatic carbocycles. The zero-order valence-corrected chi connectivity index (χ0v) is 13.7. The molecule has 0 bridgehead atoms. The Morgan fingerprint density at radius 1 is 1.08 bits per heavy atom. The number of piperazine rings is 1. The van der Waals surface area contributed by atoms with Crippen molar-refractivity contribution in [3.8, 4) is 0 Å². The molecule has 1 aliphatic rings. The molecule has 2 heterocycles. The minimum absolute atomic E-state index is 0.00722. The molecule has 24 heavy (non-hydrogen) atoms. The van der Waals surface area contributed by atoms with Crippen molar-refractivity contribution in [2.24, 2.45) is 0 Å². The summed E-state index contributed by atoms with van der Waals surface area (Å²) in [7, 11) is 0. The number of nitrogens with zero attached hydrogens (tertiary/aromatic N) is 2. The molecule has 6 nitrogen and oxygen atoms in total.